The average molecular weight is 420 g/mol. The molecule has 5 rings (SSSR count). The Labute approximate surface area is 169 Å². The number of pyridine rings is 1. The van der Waals surface area contributed by atoms with Crippen molar-refractivity contribution in [2.75, 3.05) is 18.5 Å². The Morgan fingerprint density at radius 2 is 2.07 bits per heavy atom. The summed E-state index contributed by atoms with van der Waals surface area (Å²) in [5.41, 5.74) is -0.290. The van der Waals surface area contributed by atoms with Gasteiger partial charge in [0.25, 0.3) is 0 Å². The predicted molar refractivity (Wildman–Crippen MR) is 99.7 cm³/mol. The van der Waals surface area contributed by atoms with Crippen molar-refractivity contribution in [2.24, 2.45) is 0 Å². The third-order valence-corrected chi connectivity index (χ3v) is 5.76. The maximum absolute atomic E-state index is 14.3. The molecule has 4 heterocycles. The molecule has 0 amide bonds. The monoisotopic (exact) mass is 420 g/mol. The van der Waals surface area contributed by atoms with Gasteiger partial charge in [-0.15, -0.1) is 5.10 Å². The summed E-state index contributed by atoms with van der Waals surface area (Å²) in [5.74, 6) is -0.438. The summed E-state index contributed by atoms with van der Waals surface area (Å²) in [7, 11) is 0. The number of nitrogens with one attached hydrogen (secondary N) is 1. The molecule has 30 heavy (non-hydrogen) atoms. The highest BCUT2D eigenvalue weighted by Gasteiger charge is 2.52. The molecule has 3 aromatic heterocycles. The number of hydrogen-bond acceptors (Lipinski definition) is 7. The van der Waals surface area contributed by atoms with Crippen LogP contribution in [0.2, 0.25) is 0 Å². The fraction of sp³-hybridized carbons (Fsp3) is 0.474. The van der Waals surface area contributed by atoms with Crippen molar-refractivity contribution >= 4 is 11.5 Å². The number of rotatable bonds is 5. The van der Waals surface area contributed by atoms with Crippen molar-refractivity contribution in [3.63, 3.8) is 0 Å². The molecule has 0 radical (unpaired) electrons. The second-order valence-corrected chi connectivity index (χ2v) is 7.68. The maximum Gasteiger partial charge on any atom is 0.248 e. The lowest BCUT2D eigenvalue weighted by atomic mass is 9.98. The lowest BCUT2D eigenvalue weighted by Gasteiger charge is -2.28. The number of imidazole rings is 1. The van der Waals surface area contributed by atoms with Gasteiger partial charge in [0.2, 0.25) is 18.3 Å². The smallest absolute Gasteiger partial charge is 0.248 e. The Kier molecular flexibility index (Phi) is 4.58. The number of anilines is 1. The van der Waals surface area contributed by atoms with Gasteiger partial charge in [-0.2, -0.15) is 9.37 Å². The Balaban J connectivity index is 1.47. The van der Waals surface area contributed by atoms with Gasteiger partial charge in [0.1, 0.15) is 11.2 Å². The SMILES string of the molecule is O[C@@H]1COCC[C@H]1Nc1ncc2c(F)nc(-c3ccc(C4(C(F)F)CC4)cn3)n2n1. The third-order valence-electron chi connectivity index (χ3n) is 5.76. The fourth-order valence-corrected chi connectivity index (χ4v) is 3.73. The standard InChI is InChI=1S/C19H19F3N6O2/c20-15-13-8-24-18(25-11-3-6-30-9-14(11)29)27-28(13)16(26-15)12-2-1-10(7-23-12)19(4-5-19)17(21)22/h1-2,7-8,11,14,17,29H,3-6,9H2,(H,25,27)/t11-,14-/m1/s1. The molecule has 0 aromatic carbocycles. The van der Waals surface area contributed by atoms with Gasteiger partial charge in [-0.05, 0) is 30.9 Å². The van der Waals surface area contributed by atoms with E-state index in [1.165, 1.54) is 16.9 Å². The molecule has 2 fully saturated rings. The molecule has 2 N–H and O–H groups in total. The van der Waals surface area contributed by atoms with Gasteiger partial charge in [-0.3, -0.25) is 4.98 Å². The molecule has 1 saturated heterocycles. The molecule has 158 valence electrons. The van der Waals surface area contributed by atoms with E-state index in [0.29, 0.717) is 37.1 Å². The molecule has 2 atom stereocenters. The average Bonchev–Trinajstić information content (AvgIpc) is 3.50. The van der Waals surface area contributed by atoms with Crippen LogP contribution in [-0.2, 0) is 10.2 Å². The van der Waals surface area contributed by atoms with Crippen LogP contribution in [0.3, 0.4) is 0 Å². The summed E-state index contributed by atoms with van der Waals surface area (Å²) in [6.07, 6.45) is 0.943. The third kappa shape index (κ3) is 3.18. The molecule has 2 aliphatic rings. The highest BCUT2D eigenvalue weighted by atomic mass is 19.3. The summed E-state index contributed by atoms with van der Waals surface area (Å²) >= 11 is 0. The number of ether oxygens (including phenoxy) is 1. The van der Waals surface area contributed by atoms with Crippen molar-refractivity contribution in [1.82, 2.24) is 24.6 Å². The minimum atomic E-state index is -2.45. The summed E-state index contributed by atoms with van der Waals surface area (Å²) in [5, 5.41) is 17.4. The first-order valence-corrected chi connectivity index (χ1v) is 9.66. The van der Waals surface area contributed by atoms with Gasteiger partial charge in [-0.25, -0.2) is 18.3 Å². The molecule has 0 unspecified atom stereocenters. The summed E-state index contributed by atoms with van der Waals surface area (Å²) < 4.78 is 47.4. The van der Waals surface area contributed by atoms with Gasteiger partial charge in [-0.1, -0.05) is 6.07 Å². The molecule has 1 aliphatic carbocycles. The predicted octanol–water partition coefficient (Wildman–Crippen LogP) is 2.18. The van der Waals surface area contributed by atoms with Crippen LogP contribution in [0, 0.1) is 5.95 Å². The van der Waals surface area contributed by atoms with Crippen molar-refractivity contribution in [3.05, 3.63) is 36.0 Å². The van der Waals surface area contributed by atoms with E-state index >= 15 is 0 Å². The molecule has 11 heteroatoms. The highest BCUT2D eigenvalue weighted by molar-refractivity contribution is 5.59. The van der Waals surface area contributed by atoms with Crippen molar-refractivity contribution in [1.29, 1.82) is 0 Å². The van der Waals surface area contributed by atoms with Crippen LogP contribution in [0.25, 0.3) is 17.0 Å². The van der Waals surface area contributed by atoms with E-state index in [1.54, 1.807) is 12.1 Å². The van der Waals surface area contributed by atoms with Crippen LogP contribution >= 0.6 is 0 Å². The van der Waals surface area contributed by atoms with Crippen molar-refractivity contribution < 1.29 is 23.0 Å². The lowest BCUT2D eigenvalue weighted by molar-refractivity contribution is -0.0136. The topological polar surface area (TPSA) is 97.5 Å². The summed E-state index contributed by atoms with van der Waals surface area (Å²) in [6.45, 7) is 0.708. The Hall–Kier alpha value is -2.79. The normalized spacial score (nSPS) is 23.1. The number of aromatic nitrogens is 5. The first-order valence-electron chi connectivity index (χ1n) is 9.66. The zero-order valence-corrected chi connectivity index (χ0v) is 15.8. The van der Waals surface area contributed by atoms with E-state index in [1.807, 2.05) is 0 Å². The number of hydrogen-bond donors (Lipinski definition) is 2. The van der Waals surface area contributed by atoms with E-state index < -0.39 is 23.9 Å². The van der Waals surface area contributed by atoms with Crippen LogP contribution in [0.4, 0.5) is 19.1 Å². The minimum absolute atomic E-state index is 0.0557. The van der Waals surface area contributed by atoms with E-state index in [-0.39, 0.29) is 29.9 Å². The number of nitrogens with zero attached hydrogens (tertiary/aromatic N) is 5. The molecule has 0 spiro atoms. The number of halogens is 3. The Morgan fingerprint density at radius 1 is 1.23 bits per heavy atom. The number of alkyl halides is 2. The number of aliphatic hydroxyl groups is 1. The van der Waals surface area contributed by atoms with Gasteiger partial charge in [0.15, 0.2) is 5.82 Å². The summed E-state index contributed by atoms with van der Waals surface area (Å²) in [6, 6.07) is 2.83. The van der Waals surface area contributed by atoms with E-state index in [4.69, 9.17) is 4.74 Å². The second-order valence-electron chi connectivity index (χ2n) is 7.68. The van der Waals surface area contributed by atoms with Crippen molar-refractivity contribution in [3.8, 4) is 11.5 Å². The van der Waals surface area contributed by atoms with Gasteiger partial charge in [0, 0.05) is 12.8 Å². The molecule has 1 saturated carbocycles. The van der Waals surface area contributed by atoms with Gasteiger partial charge in [0.05, 0.1) is 30.4 Å². The zero-order chi connectivity index (χ0) is 20.9. The first-order chi connectivity index (χ1) is 14.5. The zero-order valence-electron chi connectivity index (χ0n) is 15.8. The van der Waals surface area contributed by atoms with Crippen LogP contribution in [0.5, 0.6) is 0 Å². The van der Waals surface area contributed by atoms with Gasteiger partial charge >= 0.3 is 0 Å². The van der Waals surface area contributed by atoms with E-state index in [2.05, 4.69) is 25.4 Å². The van der Waals surface area contributed by atoms with Crippen LogP contribution < -0.4 is 5.32 Å². The van der Waals surface area contributed by atoms with Gasteiger partial charge < -0.3 is 15.2 Å². The van der Waals surface area contributed by atoms with E-state index in [0.717, 1.165) is 0 Å². The molecular formula is C19H19F3N6O2. The Morgan fingerprint density at radius 3 is 2.73 bits per heavy atom. The number of aliphatic hydroxyl groups excluding tert-OH is 1. The number of fused-ring (bicyclic) bond motifs is 1. The summed E-state index contributed by atoms with van der Waals surface area (Å²) in [4.78, 5) is 12.2. The lowest BCUT2D eigenvalue weighted by Crippen LogP contribution is -2.42. The Bertz CT molecular complexity index is 1070. The van der Waals surface area contributed by atoms with Crippen LogP contribution in [0.1, 0.15) is 24.8 Å². The molecule has 3 aromatic rings. The first kappa shape index (κ1) is 19.2. The highest BCUT2D eigenvalue weighted by Crippen LogP contribution is 2.52. The minimum Gasteiger partial charge on any atom is -0.389 e. The molecule has 0 bridgehead atoms. The second kappa shape index (κ2) is 7.17. The molecule has 8 nitrogen and oxygen atoms in total. The molecular weight excluding hydrogens is 401 g/mol. The van der Waals surface area contributed by atoms with Crippen LogP contribution in [0.15, 0.2) is 24.5 Å². The quantitative estimate of drug-likeness (QED) is 0.653. The van der Waals surface area contributed by atoms with E-state index in [9.17, 15) is 18.3 Å². The van der Waals surface area contributed by atoms with Crippen molar-refractivity contribution in [2.45, 2.75) is 43.2 Å². The molecule has 1 aliphatic heterocycles. The maximum atomic E-state index is 14.3. The fourth-order valence-electron chi connectivity index (χ4n) is 3.73. The largest absolute Gasteiger partial charge is 0.389 e. The van der Waals surface area contributed by atoms with Crippen LogP contribution in [-0.4, -0.2) is 61.5 Å².